The number of thiophene rings is 2. The summed E-state index contributed by atoms with van der Waals surface area (Å²) >= 11 is 3.31. The van der Waals surface area contributed by atoms with E-state index in [1.54, 1.807) is 22.7 Å². The van der Waals surface area contributed by atoms with Gasteiger partial charge in [0, 0.05) is 48.0 Å². The Kier molecular flexibility index (Phi) is 15.6. The number of rotatable bonds is 24. The van der Waals surface area contributed by atoms with Crippen molar-refractivity contribution in [1.29, 1.82) is 0 Å². The molecule has 2 aromatic heterocycles. The molecule has 6 rings (SSSR count). The molecular weight excluding hydrogens is 789 g/mol. The van der Waals surface area contributed by atoms with Gasteiger partial charge in [0.25, 0.3) is 11.8 Å². The zero-order chi connectivity index (χ0) is 43.4. The average Bonchev–Trinajstić information content (AvgIpc) is 3.95. The van der Waals surface area contributed by atoms with Crippen LogP contribution in [-0.2, 0) is 19.2 Å². The van der Waals surface area contributed by atoms with Crippen molar-refractivity contribution in [3.8, 4) is 0 Å². The third kappa shape index (κ3) is 9.52. The molecule has 2 aromatic rings. The highest BCUT2D eigenvalue weighted by Gasteiger charge is 2.51. The van der Waals surface area contributed by atoms with E-state index in [2.05, 4.69) is 89.5 Å². The van der Waals surface area contributed by atoms with Crippen LogP contribution in [0.3, 0.4) is 0 Å². The van der Waals surface area contributed by atoms with Crippen molar-refractivity contribution in [3.05, 3.63) is 54.9 Å². The van der Waals surface area contributed by atoms with Crippen LogP contribution >= 0.6 is 22.7 Å². The van der Waals surface area contributed by atoms with Crippen LogP contribution in [0.1, 0.15) is 164 Å². The molecular formula is C48H72N6O4S2. The van der Waals surface area contributed by atoms with Gasteiger partial charge in [0.1, 0.15) is 0 Å². The first-order chi connectivity index (χ1) is 28.7. The minimum Gasteiger partial charge on any atom is -0.368 e. The lowest BCUT2D eigenvalue weighted by atomic mass is 9.93. The number of nitrogens with two attached hydrogens (primary N) is 2. The molecule has 6 atom stereocenters. The summed E-state index contributed by atoms with van der Waals surface area (Å²) in [5.74, 6) is 0.640. The predicted octanol–water partition coefficient (Wildman–Crippen LogP) is 9.34. The first kappa shape index (κ1) is 46.2. The Morgan fingerprint density at radius 3 is 1.32 bits per heavy atom. The number of primary amides is 2. The first-order valence-electron chi connectivity index (χ1n) is 23.2. The minimum atomic E-state index is -0.283. The molecule has 0 radical (unpaired) electrons. The summed E-state index contributed by atoms with van der Waals surface area (Å²) in [4.78, 5) is 68.1. The number of carbonyl (C=O) groups excluding carboxylic acids is 4. The molecule has 6 heterocycles. The molecule has 0 aliphatic carbocycles. The monoisotopic (exact) mass is 861 g/mol. The zero-order valence-electron chi connectivity index (χ0n) is 37.6. The van der Waals surface area contributed by atoms with Crippen LogP contribution in [0.25, 0.3) is 11.4 Å². The molecule has 4 aliphatic heterocycles. The maximum absolute atomic E-state index is 15.4. The molecule has 4 aliphatic rings. The fourth-order valence-corrected chi connectivity index (χ4v) is 12.2. The van der Waals surface area contributed by atoms with Gasteiger partial charge in [-0.25, -0.2) is 0 Å². The lowest BCUT2D eigenvalue weighted by Gasteiger charge is -2.44. The van der Waals surface area contributed by atoms with Crippen LogP contribution in [0.5, 0.6) is 0 Å². The molecule has 60 heavy (non-hydrogen) atoms. The standard InChI is InChI=1S/C48H72N6O4S2/c1-9-13-15-31(11-3)27-53-43(39-19-17-37(59-39)35(25-29(5)6)51-23-21-33(51)45(49)55)41-42(47(53)57)44(54(48(41)58)28-32(12-4)16-14-10-2)40-20-18-38(60-40)36(26-30(7)8)52-24-22-34(52)46(50)56/h17-20,29-36H,9-16,21-28H2,1-8H3,(H2,49,55)(H2,50,56)/t31?,32?,33-,34-,35-,36-/m0/s1. The van der Waals surface area contributed by atoms with E-state index in [1.165, 1.54) is 0 Å². The summed E-state index contributed by atoms with van der Waals surface area (Å²) in [5.41, 5.74) is 14.3. The number of amides is 4. The highest BCUT2D eigenvalue weighted by atomic mass is 32.1. The van der Waals surface area contributed by atoms with Gasteiger partial charge in [-0.15, -0.1) is 22.7 Å². The first-order valence-corrected chi connectivity index (χ1v) is 24.8. The highest BCUT2D eigenvalue weighted by Crippen LogP contribution is 2.51. The fraction of sp³-hybridized carbons (Fsp3) is 0.667. The van der Waals surface area contributed by atoms with E-state index in [-0.39, 0.29) is 47.8 Å². The van der Waals surface area contributed by atoms with Crippen LogP contribution in [0.4, 0.5) is 0 Å². The van der Waals surface area contributed by atoms with Crippen molar-refractivity contribution in [1.82, 2.24) is 19.6 Å². The van der Waals surface area contributed by atoms with Crippen molar-refractivity contribution in [2.75, 3.05) is 26.2 Å². The highest BCUT2D eigenvalue weighted by molar-refractivity contribution is 7.13. The molecule has 10 nitrogen and oxygen atoms in total. The van der Waals surface area contributed by atoms with E-state index in [9.17, 15) is 9.59 Å². The Morgan fingerprint density at radius 2 is 1.03 bits per heavy atom. The second-order valence-electron chi connectivity index (χ2n) is 18.7. The zero-order valence-corrected chi connectivity index (χ0v) is 39.3. The smallest absolute Gasteiger partial charge is 0.261 e. The van der Waals surface area contributed by atoms with Crippen LogP contribution in [0, 0.1) is 23.7 Å². The van der Waals surface area contributed by atoms with Crippen molar-refractivity contribution in [3.63, 3.8) is 0 Å². The van der Waals surface area contributed by atoms with Gasteiger partial charge in [-0.1, -0.05) is 93.9 Å². The molecule has 2 saturated heterocycles. The number of likely N-dealkylation sites (tertiary alicyclic amines) is 2. The predicted molar refractivity (Wildman–Crippen MR) is 246 cm³/mol. The quantitative estimate of drug-likeness (QED) is 0.108. The molecule has 4 amide bonds. The van der Waals surface area contributed by atoms with Gasteiger partial charge in [0.05, 0.1) is 44.4 Å². The van der Waals surface area contributed by atoms with Crippen molar-refractivity contribution in [2.45, 2.75) is 157 Å². The van der Waals surface area contributed by atoms with E-state index in [4.69, 9.17) is 11.5 Å². The van der Waals surface area contributed by atoms with Crippen molar-refractivity contribution >= 4 is 57.7 Å². The third-order valence-corrected chi connectivity index (χ3v) is 15.9. The molecule has 0 saturated carbocycles. The molecule has 330 valence electrons. The van der Waals surface area contributed by atoms with E-state index < -0.39 is 0 Å². The van der Waals surface area contributed by atoms with Gasteiger partial charge in [-0.05, 0) is 86.5 Å². The molecule has 12 heteroatoms. The lowest BCUT2D eigenvalue weighted by molar-refractivity contribution is -0.130. The van der Waals surface area contributed by atoms with E-state index >= 15 is 9.59 Å². The topological polar surface area (TPSA) is 133 Å². The Balaban J connectivity index is 1.51. The maximum atomic E-state index is 15.4. The molecule has 0 bridgehead atoms. The van der Waals surface area contributed by atoms with Gasteiger partial charge in [-0.2, -0.15) is 0 Å². The Labute approximate surface area is 367 Å². The number of nitrogens with zero attached hydrogens (tertiary/aromatic N) is 4. The molecule has 4 N–H and O–H groups in total. The summed E-state index contributed by atoms with van der Waals surface area (Å²) in [6.07, 6.45) is 11.5. The van der Waals surface area contributed by atoms with Gasteiger partial charge in [0.15, 0.2) is 0 Å². The van der Waals surface area contributed by atoms with Crippen LogP contribution < -0.4 is 11.5 Å². The molecule has 2 fully saturated rings. The van der Waals surface area contributed by atoms with Crippen LogP contribution in [0.2, 0.25) is 0 Å². The Hall–Kier alpha value is -3.32. The van der Waals surface area contributed by atoms with E-state index in [0.29, 0.717) is 47.9 Å². The second-order valence-corrected chi connectivity index (χ2v) is 20.9. The Bertz CT molecular complexity index is 1790. The summed E-state index contributed by atoms with van der Waals surface area (Å²) < 4.78 is 0. The molecule has 0 spiro atoms. The minimum absolute atomic E-state index is 0.0215. The number of carbonyl (C=O) groups is 4. The van der Waals surface area contributed by atoms with E-state index in [0.717, 1.165) is 121 Å². The van der Waals surface area contributed by atoms with Gasteiger partial charge < -0.3 is 21.3 Å². The normalized spacial score (nSPS) is 21.9. The fourth-order valence-electron chi connectivity index (χ4n) is 9.82. The van der Waals surface area contributed by atoms with Gasteiger partial charge >= 0.3 is 0 Å². The largest absolute Gasteiger partial charge is 0.368 e. The summed E-state index contributed by atoms with van der Waals surface area (Å²) in [7, 11) is 0. The van der Waals surface area contributed by atoms with Crippen molar-refractivity contribution in [2.24, 2.45) is 35.1 Å². The number of unbranched alkanes of at least 4 members (excludes halogenated alkanes) is 2. The molecule has 0 aromatic carbocycles. The second kappa shape index (κ2) is 20.2. The third-order valence-electron chi connectivity index (χ3n) is 13.5. The Morgan fingerprint density at radius 1 is 0.650 bits per heavy atom. The lowest BCUT2D eigenvalue weighted by Crippen LogP contribution is -2.56. The van der Waals surface area contributed by atoms with Crippen molar-refractivity contribution < 1.29 is 19.2 Å². The average molecular weight is 861 g/mol. The molecule has 2 unspecified atom stereocenters. The number of hydrogen-bond acceptors (Lipinski definition) is 8. The SMILES string of the molecule is CCCCC(CC)CN1C(=O)C2=C(c3ccc([C@H](CC(C)C)N4CC[C@H]4C(N)=O)s3)N(CC(CC)CCCC)C(=O)C2=C1c1ccc([C@H](CC(C)C)N2CC[C@H]2C(N)=O)s1. The van der Waals surface area contributed by atoms with Gasteiger partial charge in [-0.3, -0.25) is 29.0 Å². The summed E-state index contributed by atoms with van der Waals surface area (Å²) in [5, 5.41) is 0. The van der Waals surface area contributed by atoms with Crippen LogP contribution in [0.15, 0.2) is 35.4 Å². The summed E-state index contributed by atoms with van der Waals surface area (Å²) in [6.45, 7) is 20.4. The number of fused-ring (bicyclic) bond motifs is 1. The summed E-state index contributed by atoms with van der Waals surface area (Å²) in [6, 6.07) is 8.01. The van der Waals surface area contributed by atoms with Crippen LogP contribution in [-0.4, -0.2) is 81.5 Å². The van der Waals surface area contributed by atoms with Gasteiger partial charge in [0.2, 0.25) is 11.8 Å². The number of hydrogen-bond donors (Lipinski definition) is 2. The maximum Gasteiger partial charge on any atom is 0.261 e. The van der Waals surface area contributed by atoms with E-state index in [1.807, 2.05) is 9.80 Å².